The molecule has 3 rings (SSSR count). The van der Waals surface area contributed by atoms with Crippen molar-refractivity contribution in [2.45, 2.75) is 30.0 Å². The molecule has 1 aromatic carbocycles. The fourth-order valence-corrected chi connectivity index (χ4v) is 5.10. The molecule has 1 aliphatic heterocycles. The molecule has 12 heteroatoms. The lowest BCUT2D eigenvalue weighted by atomic mass is 10.1. The Hall–Kier alpha value is -1.17. The molecule has 0 unspecified atom stereocenters. The summed E-state index contributed by atoms with van der Waals surface area (Å²) in [5, 5.41) is 10.6. The van der Waals surface area contributed by atoms with E-state index in [4.69, 9.17) is 21.5 Å². The Kier molecular flexibility index (Phi) is 9.58. The average Bonchev–Trinajstić information content (AvgIpc) is 3.10. The Bertz CT molecular complexity index is 827. The number of halogens is 5. The molecule has 2 heterocycles. The second-order valence-corrected chi connectivity index (χ2v) is 8.67. The molecule has 1 aromatic heterocycles. The lowest BCUT2D eigenvalue weighted by molar-refractivity contribution is -0.137. The summed E-state index contributed by atoms with van der Waals surface area (Å²) in [7, 11) is 0. The first-order valence-electron chi connectivity index (χ1n) is 8.64. The quantitative estimate of drug-likeness (QED) is 0.229. The molecule has 0 radical (unpaired) electrons. The van der Waals surface area contributed by atoms with Gasteiger partial charge in [-0.05, 0) is 49.1 Å². The van der Waals surface area contributed by atoms with E-state index in [0.29, 0.717) is 40.9 Å². The molecule has 1 saturated heterocycles. The van der Waals surface area contributed by atoms with E-state index in [2.05, 4.69) is 15.9 Å². The number of hydroxylamine groups is 1. The number of nitrogens with one attached hydrogen (secondary N) is 1. The Morgan fingerprint density at radius 2 is 1.87 bits per heavy atom. The summed E-state index contributed by atoms with van der Waals surface area (Å²) in [5.74, 6) is -0.250. The zero-order valence-corrected chi connectivity index (χ0v) is 18.9. The van der Waals surface area contributed by atoms with Gasteiger partial charge in [-0.15, -0.1) is 22.9 Å². The van der Waals surface area contributed by atoms with Crippen LogP contribution in [0.15, 0.2) is 34.5 Å². The normalized spacial score (nSPS) is 15.3. The van der Waals surface area contributed by atoms with Crippen LogP contribution < -0.4 is 10.2 Å². The van der Waals surface area contributed by atoms with Gasteiger partial charge in [0.15, 0.2) is 0 Å². The van der Waals surface area contributed by atoms with E-state index >= 15 is 0 Å². The number of carbonyl (C=O) groups is 1. The number of hydrogen-bond donors (Lipinski definition) is 2. The summed E-state index contributed by atoms with van der Waals surface area (Å²) in [6, 6.07) is 4.68. The minimum absolute atomic E-state index is 0.0974. The van der Waals surface area contributed by atoms with Crippen molar-refractivity contribution in [2.24, 2.45) is 0 Å². The van der Waals surface area contributed by atoms with E-state index < -0.39 is 17.6 Å². The molecule has 1 aliphatic rings. The molecule has 0 saturated carbocycles. The topological polar surface area (TPSA) is 61.8 Å². The number of hydrogen-bond acceptors (Lipinski definition) is 6. The summed E-state index contributed by atoms with van der Waals surface area (Å²) in [4.78, 5) is 12.4. The Labute approximate surface area is 190 Å². The molecule has 1 fully saturated rings. The number of ether oxygens (including phenoxy) is 1. The maximum Gasteiger partial charge on any atom is 0.416 e. The van der Waals surface area contributed by atoms with E-state index in [0.717, 1.165) is 12.1 Å². The number of piperidine rings is 1. The molecular formula is C18H19Cl2F3N2O3S2. The van der Waals surface area contributed by atoms with Gasteiger partial charge >= 0.3 is 6.18 Å². The van der Waals surface area contributed by atoms with Gasteiger partial charge in [-0.25, -0.2) is 9.79 Å². The molecule has 1 amide bonds. The van der Waals surface area contributed by atoms with Crippen LogP contribution in [0.3, 0.4) is 0 Å². The summed E-state index contributed by atoms with van der Waals surface area (Å²) in [6.07, 6.45) is -1.61. The maximum atomic E-state index is 12.6. The molecule has 5 nitrogen and oxygen atoms in total. The van der Waals surface area contributed by atoms with Crippen molar-refractivity contribution in [3.63, 3.8) is 0 Å². The van der Waals surface area contributed by atoms with Gasteiger partial charge < -0.3 is 4.74 Å². The molecule has 2 N–H and O–H groups in total. The second kappa shape index (κ2) is 11.4. The van der Waals surface area contributed by atoms with Crippen LogP contribution in [0.25, 0.3) is 0 Å². The van der Waals surface area contributed by atoms with Crippen LogP contribution >= 0.6 is 46.5 Å². The molecular weight excluding hydrogens is 484 g/mol. The van der Waals surface area contributed by atoms with Crippen LogP contribution in [0.1, 0.15) is 28.8 Å². The average molecular weight is 503 g/mol. The highest BCUT2D eigenvalue weighted by atomic mass is 35.5. The first kappa shape index (κ1) is 25.1. The van der Waals surface area contributed by atoms with Crippen molar-refractivity contribution in [1.82, 2.24) is 9.79 Å². The van der Waals surface area contributed by atoms with Gasteiger partial charge in [-0.3, -0.25) is 10.0 Å². The minimum Gasteiger partial charge on any atom is -0.490 e. The van der Waals surface area contributed by atoms with E-state index in [1.807, 2.05) is 0 Å². The number of benzene rings is 1. The second-order valence-electron chi connectivity index (χ2n) is 6.05. The smallest absolute Gasteiger partial charge is 0.416 e. The van der Waals surface area contributed by atoms with Crippen molar-refractivity contribution >= 4 is 52.4 Å². The highest BCUT2D eigenvalue weighted by Gasteiger charge is 2.30. The van der Waals surface area contributed by atoms with Crippen LogP contribution in [-0.2, 0) is 6.18 Å². The highest BCUT2D eigenvalue weighted by molar-refractivity contribution is 7.97. The van der Waals surface area contributed by atoms with Crippen molar-refractivity contribution in [1.29, 1.82) is 0 Å². The predicted molar refractivity (Wildman–Crippen MR) is 113 cm³/mol. The first-order chi connectivity index (χ1) is 14.3. The maximum absolute atomic E-state index is 12.6. The van der Waals surface area contributed by atoms with E-state index in [1.54, 1.807) is 10.9 Å². The van der Waals surface area contributed by atoms with E-state index in [-0.39, 0.29) is 11.7 Å². The lowest BCUT2D eigenvalue weighted by Gasteiger charge is -2.31. The summed E-state index contributed by atoms with van der Waals surface area (Å²) < 4.78 is 46.0. The van der Waals surface area contributed by atoms with Crippen LogP contribution in [0.5, 0.6) is 5.75 Å². The number of nitrogens with zero attached hydrogens (tertiary/aromatic N) is 1. The molecule has 0 spiro atoms. The highest BCUT2D eigenvalue weighted by Crippen LogP contribution is 2.37. The molecule has 0 aliphatic carbocycles. The number of thiophene rings is 1. The molecule has 2 aromatic rings. The standard InChI is InChI=1S/C17H16ClF3N2O3S2.CH3Cl/c18-15-14(16(24)22-25)13(9-27-15)28-23-7-5-12(6-8-23)26-11-3-1-10(2-4-11)17(19,20)21;1-2/h1-4,9,12,25H,5-8H2,(H,22,24);1H3. The van der Waals surface area contributed by atoms with Crippen molar-refractivity contribution in [3.05, 3.63) is 45.1 Å². The summed E-state index contributed by atoms with van der Waals surface area (Å²) in [5.41, 5.74) is 1.13. The fraction of sp³-hybridized carbons (Fsp3) is 0.389. The van der Waals surface area contributed by atoms with Crippen molar-refractivity contribution in [2.75, 3.05) is 19.5 Å². The molecule has 0 bridgehead atoms. The fourth-order valence-electron chi connectivity index (χ4n) is 2.74. The van der Waals surface area contributed by atoms with Gasteiger partial charge in [-0.1, -0.05) is 11.6 Å². The predicted octanol–water partition coefficient (Wildman–Crippen LogP) is 5.94. The largest absolute Gasteiger partial charge is 0.490 e. The molecule has 0 atom stereocenters. The van der Waals surface area contributed by atoms with Crippen LogP contribution in [0, 0.1) is 0 Å². The third-order valence-corrected chi connectivity index (χ3v) is 6.67. The number of amides is 1. The zero-order chi connectivity index (χ0) is 22.3. The zero-order valence-electron chi connectivity index (χ0n) is 15.7. The van der Waals surface area contributed by atoms with Crippen molar-refractivity contribution < 1.29 is 27.9 Å². The third kappa shape index (κ3) is 6.66. The Morgan fingerprint density at radius 3 is 2.40 bits per heavy atom. The number of alkyl halides is 4. The summed E-state index contributed by atoms with van der Waals surface area (Å²) in [6.45, 7) is 1.34. The van der Waals surface area contributed by atoms with Gasteiger partial charge in [0.1, 0.15) is 16.2 Å². The van der Waals surface area contributed by atoms with Crippen LogP contribution in [0.4, 0.5) is 13.2 Å². The SMILES string of the molecule is CCl.O=C(NO)c1c(SN2CCC(Oc3ccc(C(F)(F)F)cc3)CC2)csc1Cl. The first-order valence-corrected chi connectivity index (χ1v) is 11.4. The van der Waals surface area contributed by atoms with Gasteiger partial charge in [0.2, 0.25) is 0 Å². The van der Waals surface area contributed by atoms with Gasteiger partial charge in [0.25, 0.3) is 5.91 Å². The van der Waals surface area contributed by atoms with Crippen LogP contribution in [-0.4, -0.2) is 41.0 Å². The van der Waals surface area contributed by atoms with E-state index in [9.17, 15) is 18.0 Å². The monoisotopic (exact) mass is 502 g/mol. The Balaban J connectivity index is 0.00000155. The van der Waals surface area contributed by atoms with Gasteiger partial charge in [0, 0.05) is 29.7 Å². The van der Waals surface area contributed by atoms with Crippen LogP contribution in [0.2, 0.25) is 4.34 Å². The number of carbonyl (C=O) groups excluding carboxylic acids is 1. The lowest BCUT2D eigenvalue weighted by Crippen LogP contribution is -2.34. The van der Waals surface area contributed by atoms with Gasteiger partial charge in [0.05, 0.1) is 11.1 Å². The van der Waals surface area contributed by atoms with E-state index in [1.165, 1.54) is 41.8 Å². The Morgan fingerprint density at radius 1 is 1.27 bits per heavy atom. The molecule has 166 valence electrons. The molecule has 30 heavy (non-hydrogen) atoms. The van der Waals surface area contributed by atoms with Crippen molar-refractivity contribution in [3.8, 4) is 5.75 Å². The number of rotatable bonds is 5. The minimum atomic E-state index is -4.36. The van der Waals surface area contributed by atoms with Gasteiger partial charge in [-0.2, -0.15) is 13.2 Å². The summed E-state index contributed by atoms with van der Waals surface area (Å²) >= 11 is 13.2. The third-order valence-electron chi connectivity index (χ3n) is 4.15.